The van der Waals surface area contributed by atoms with Crippen LogP contribution in [0.2, 0.25) is 0 Å². The molecule has 1 atom stereocenters. The molecule has 3 fully saturated rings. The van der Waals surface area contributed by atoms with E-state index >= 15 is 0 Å². The Balaban J connectivity index is 1.66. The lowest BCUT2D eigenvalue weighted by Gasteiger charge is -2.41. The molecule has 3 aliphatic carbocycles. The van der Waals surface area contributed by atoms with Crippen molar-refractivity contribution in [2.24, 2.45) is 11.8 Å². The summed E-state index contributed by atoms with van der Waals surface area (Å²) in [6.07, 6.45) is 6.06. The zero-order valence-corrected chi connectivity index (χ0v) is 10.2. The van der Waals surface area contributed by atoms with E-state index in [0.717, 1.165) is 12.3 Å². The van der Waals surface area contributed by atoms with Gasteiger partial charge in [0.2, 0.25) is 0 Å². The third-order valence-corrected chi connectivity index (χ3v) is 4.27. The number of nitrogens with one attached hydrogen (secondary N) is 1. The second-order valence-electron chi connectivity index (χ2n) is 5.36. The molecular weight excluding hydrogens is 228 g/mol. The average Bonchev–Trinajstić information content (AvgIpc) is 2.89. The number of hydrogen-bond donors (Lipinski definition) is 1. The first kappa shape index (κ1) is 11.3. The molecule has 0 saturated heterocycles. The van der Waals surface area contributed by atoms with Crippen LogP contribution in [0.4, 0.5) is 0 Å². The molecule has 4 heteroatoms. The van der Waals surface area contributed by atoms with E-state index in [-0.39, 0.29) is 12.1 Å². The monoisotopic (exact) mass is 244 g/mol. The van der Waals surface area contributed by atoms with Crippen molar-refractivity contribution in [2.45, 2.75) is 38.2 Å². The molecule has 0 spiro atoms. The largest absolute Gasteiger partial charge is 0.457 e. The molecule has 1 heterocycles. The zero-order chi connectivity index (χ0) is 12.5. The lowest BCUT2D eigenvalue weighted by Crippen LogP contribution is -2.38. The average molecular weight is 244 g/mol. The van der Waals surface area contributed by atoms with E-state index in [4.69, 9.17) is 10.00 Å². The van der Waals surface area contributed by atoms with Crippen LogP contribution >= 0.6 is 0 Å². The first-order chi connectivity index (χ1) is 8.76. The van der Waals surface area contributed by atoms with Gasteiger partial charge in [0, 0.05) is 0 Å². The van der Waals surface area contributed by atoms with Gasteiger partial charge in [-0.05, 0) is 56.1 Å². The topological polar surface area (TPSA) is 65.9 Å². The highest BCUT2D eigenvalue weighted by atomic mass is 16.5. The highest BCUT2D eigenvalue weighted by Gasteiger charge is 2.37. The van der Waals surface area contributed by atoms with E-state index in [9.17, 15) is 4.79 Å². The van der Waals surface area contributed by atoms with Crippen molar-refractivity contribution in [1.29, 1.82) is 5.26 Å². The fourth-order valence-electron chi connectivity index (χ4n) is 3.24. The highest BCUT2D eigenvalue weighted by Crippen LogP contribution is 2.42. The van der Waals surface area contributed by atoms with Crippen LogP contribution in [0.5, 0.6) is 0 Å². The highest BCUT2D eigenvalue weighted by molar-refractivity contribution is 5.87. The van der Waals surface area contributed by atoms with Gasteiger partial charge in [-0.3, -0.25) is 0 Å². The normalized spacial score (nSPS) is 29.8. The minimum absolute atomic E-state index is 0.0823. The third-order valence-electron chi connectivity index (χ3n) is 4.27. The summed E-state index contributed by atoms with van der Waals surface area (Å²) in [7, 11) is 0. The van der Waals surface area contributed by atoms with E-state index < -0.39 is 0 Å². The van der Waals surface area contributed by atoms with Crippen molar-refractivity contribution in [3.8, 4) is 6.07 Å². The first-order valence-corrected chi connectivity index (χ1v) is 6.56. The maximum absolute atomic E-state index is 12.0. The second kappa shape index (κ2) is 4.49. The molecule has 3 aliphatic rings. The molecule has 0 amide bonds. The van der Waals surface area contributed by atoms with Gasteiger partial charge in [0.05, 0.1) is 0 Å². The fourth-order valence-corrected chi connectivity index (χ4v) is 3.24. The van der Waals surface area contributed by atoms with E-state index in [1.165, 1.54) is 25.7 Å². The lowest BCUT2D eigenvalue weighted by atomic mass is 9.69. The van der Waals surface area contributed by atoms with Gasteiger partial charge >= 0.3 is 5.97 Å². The van der Waals surface area contributed by atoms with Crippen LogP contribution in [0.15, 0.2) is 12.1 Å². The van der Waals surface area contributed by atoms with E-state index in [1.54, 1.807) is 12.1 Å². The van der Waals surface area contributed by atoms with E-state index in [0.29, 0.717) is 17.3 Å². The van der Waals surface area contributed by atoms with Crippen LogP contribution in [0.25, 0.3) is 0 Å². The molecule has 0 aromatic carbocycles. The summed E-state index contributed by atoms with van der Waals surface area (Å²) < 4.78 is 5.59. The maximum Gasteiger partial charge on any atom is 0.355 e. The van der Waals surface area contributed by atoms with E-state index in [1.807, 2.05) is 6.07 Å². The van der Waals surface area contributed by atoms with Gasteiger partial charge < -0.3 is 9.72 Å². The van der Waals surface area contributed by atoms with Gasteiger partial charge in [0.25, 0.3) is 0 Å². The van der Waals surface area contributed by atoms with Crippen molar-refractivity contribution in [2.75, 3.05) is 0 Å². The summed E-state index contributed by atoms with van der Waals surface area (Å²) in [5.41, 5.74) is 0.778. The predicted octanol–water partition coefficient (Wildman–Crippen LogP) is 2.62. The summed E-state index contributed by atoms with van der Waals surface area (Å²) in [5.74, 6) is 0.963. The number of nitriles is 1. The van der Waals surface area contributed by atoms with Crippen LogP contribution in [-0.4, -0.2) is 17.1 Å². The number of aromatic nitrogens is 1. The molecule has 1 N–H and O–H groups in total. The number of fused-ring (bicyclic) bond motifs is 3. The van der Waals surface area contributed by atoms with Crippen LogP contribution < -0.4 is 0 Å². The Morgan fingerprint density at radius 2 is 2.11 bits per heavy atom. The van der Waals surface area contributed by atoms with Crippen molar-refractivity contribution in [1.82, 2.24) is 4.98 Å². The fraction of sp³-hybridized carbons (Fsp3) is 0.571. The van der Waals surface area contributed by atoms with Gasteiger partial charge in [0.15, 0.2) is 0 Å². The minimum Gasteiger partial charge on any atom is -0.457 e. The number of hydrogen-bond acceptors (Lipinski definition) is 3. The number of ether oxygens (including phenoxy) is 1. The molecule has 4 rings (SSSR count). The zero-order valence-electron chi connectivity index (χ0n) is 10.2. The second-order valence-corrected chi connectivity index (χ2v) is 5.36. The lowest BCUT2D eigenvalue weighted by molar-refractivity contribution is -0.0308. The molecule has 2 bridgehead atoms. The molecule has 1 aromatic rings. The van der Waals surface area contributed by atoms with Crippen molar-refractivity contribution >= 4 is 5.97 Å². The van der Waals surface area contributed by atoms with Crippen LogP contribution in [-0.2, 0) is 4.74 Å². The quantitative estimate of drug-likeness (QED) is 0.813. The first-order valence-electron chi connectivity index (χ1n) is 6.56. The minimum atomic E-state index is -0.325. The molecule has 94 valence electrons. The van der Waals surface area contributed by atoms with Gasteiger partial charge in [-0.1, -0.05) is 0 Å². The summed E-state index contributed by atoms with van der Waals surface area (Å²) in [5, 5.41) is 8.71. The Labute approximate surface area is 106 Å². The summed E-state index contributed by atoms with van der Waals surface area (Å²) >= 11 is 0. The molecule has 0 radical (unpaired) electrons. The van der Waals surface area contributed by atoms with Crippen LogP contribution in [0, 0.1) is 23.2 Å². The van der Waals surface area contributed by atoms with Crippen molar-refractivity contribution in [3.05, 3.63) is 23.5 Å². The smallest absolute Gasteiger partial charge is 0.355 e. The maximum atomic E-state index is 12.0. The number of esters is 1. The van der Waals surface area contributed by atoms with E-state index in [2.05, 4.69) is 4.98 Å². The van der Waals surface area contributed by atoms with Gasteiger partial charge in [-0.2, -0.15) is 5.26 Å². The number of nitrogens with zero attached hydrogens (tertiary/aromatic N) is 1. The third kappa shape index (κ3) is 2.01. The Kier molecular flexibility index (Phi) is 2.83. The van der Waals surface area contributed by atoms with Crippen LogP contribution in [0.3, 0.4) is 0 Å². The Morgan fingerprint density at radius 1 is 1.33 bits per heavy atom. The molecule has 18 heavy (non-hydrogen) atoms. The number of aromatic amines is 1. The molecule has 1 unspecified atom stereocenters. The molecule has 0 aliphatic heterocycles. The van der Waals surface area contributed by atoms with Crippen LogP contribution in [0.1, 0.15) is 48.3 Å². The van der Waals surface area contributed by atoms with Crippen molar-refractivity contribution < 1.29 is 9.53 Å². The number of rotatable bonds is 2. The molecule has 3 saturated carbocycles. The summed E-state index contributed by atoms with van der Waals surface area (Å²) in [6, 6.07) is 5.18. The Morgan fingerprint density at radius 3 is 2.67 bits per heavy atom. The molecule has 1 aromatic heterocycles. The molecular formula is C14H16N2O2. The number of carbonyl (C=O) groups excluding carboxylic acids is 1. The summed E-state index contributed by atoms with van der Waals surface area (Å²) in [4.78, 5) is 14.7. The SMILES string of the molecule is N#Cc1ccc(C(=O)OC2CC3CCC2CC3)[nH]1. The Hall–Kier alpha value is -1.76. The summed E-state index contributed by atoms with van der Waals surface area (Å²) in [6.45, 7) is 0. The van der Waals surface area contributed by atoms with Gasteiger partial charge in [-0.25, -0.2) is 4.79 Å². The standard InChI is InChI=1S/C14H16N2O2/c15-8-11-5-6-12(16-11)14(17)18-13-7-9-1-3-10(13)4-2-9/h5-6,9-10,13,16H,1-4,7H2. The van der Waals surface area contributed by atoms with Gasteiger partial charge in [0.1, 0.15) is 23.6 Å². The van der Waals surface area contributed by atoms with Gasteiger partial charge in [-0.15, -0.1) is 0 Å². The Bertz CT molecular complexity index is 492. The number of H-pyrrole nitrogens is 1. The molecule has 4 nitrogen and oxygen atoms in total. The number of carbonyl (C=O) groups is 1. The van der Waals surface area contributed by atoms with Crippen molar-refractivity contribution in [3.63, 3.8) is 0 Å². The predicted molar refractivity (Wildman–Crippen MR) is 64.8 cm³/mol.